The third-order valence-corrected chi connectivity index (χ3v) is 9.14. The van der Waals surface area contributed by atoms with Gasteiger partial charge in [0.2, 0.25) is 11.9 Å². The molecular weight excluding hydrogens is 602 g/mol. The Balaban J connectivity index is 0.000000217. The lowest BCUT2D eigenvalue weighted by atomic mass is 9.57. The summed E-state index contributed by atoms with van der Waals surface area (Å²) in [5.74, 6) is -4.99. The number of aliphatic carboxylic acids is 2. The first kappa shape index (κ1) is 35.3. The van der Waals surface area contributed by atoms with E-state index >= 15 is 0 Å². The Labute approximate surface area is 274 Å². The normalized spacial score (nSPS) is 18.6. The summed E-state index contributed by atoms with van der Waals surface area (Å²) in [6.07, 6.45) is 3.87. The van der Waals surface area contributed by atoms with Crippen LogP contribution in [-0.4, -0.2) is 76.3 Å². The maximum Gasteiger partial charge on any atom is 0.360 e. The first-order chi connectivity index (χ1) is 22.4. The smallest absolute Gasteiger partial charge is 0.360 e. The van der Waals surface area contributed by atoms with E-state index in [0.29, 0.717) is 11.5 Å². The molecule has 3 unspecified atom stereocenters. The number of hydrogen-bond donors (Lipinski definition) is 3. The molecule has 250 valence electrons. The van der Waals surface area contributed by atoms with Gasteiger partial charge >= 0.3 is 23.5 Å². The van der Waals surface area contributed by atoms with Crippen LogP contribution in [0.2, 0.25) is 0 Å². The molecule has 10 heteroatoms. The van der Waals surface area contributed by atoms with Crippen molar-refractivity contribution in [3.05, 3.63) is 101 Å². The highest BCUT2D eigenvalue weighted by Crippen LogP contribution is 2.57. The number of aliphatic hydroxyl groups is 1. The molecule has 0 spiro atoms. The number of carbonyl (C=O) groups excluding carboxylic acids is 2. The lowest BCUT2D eigenvalue weighted by Crippen LogP contribution is -2.61. The number of carboxylic acid groups (broad SMARTS) is 2. The minimum Gasteiger partial charge on any atom is -0.497 e. The summed E-state index contributed by atoms with van der Waals surface area (Å²) in [5, 5.41) is 28.6. The molecule has 1 fully saturated rings. The largest absolute Gasteiger partial charge is 0.497 e. The molecule has 47 heavy (non-hydrogen) atoms. The molecule has 1 aliphatic carbocycles. The monoisotopic (exact) mass is 645 g/mol. The highest BCUT2D eigenvalue weighted by molar-refractivity contribution is 6.19. The Bertz CT molecular complexity index is 1570. The van der Waals surface area contributed by atoms with Gasteiger partial charge in [0.15, 0.2) is 0 Å². The van der Waals surface area contributed by atoms with E-state index in [1.807, 2.05) is 0 Å². The molecule has 2 aliphatic rings. The zero-order chi connectivity index (χ0) is 34.4. The van der Waals surface area contributed by atoms with Gasteiger partial charge in [0, 0.05) is 18.2 Å². The molecule has 0 amide bonds. The summed E-state index contributed by atoms with van der Waals surface area (Å²) in [7, 11) is 4.09. The van der Waals surface area contributed by atoms with Crippen LogP contribution in [0.4, 0.5) is 0 Å². The topological polar surface area (TPSA) is 151 Å². The average molecular weight is 646 g/mol. The van der Waals surface area contributed by atoms with E-state index in [0.717, 1.165) is 11.7 Å². The number of carbonyl (C=O) groups is 4. The van der Waals surface area contributed by atoms with Crippen LogP contribution in [0.25, 0.3) is 0 Å². The molecule has 1 heterocycles. The van der Waals surface area contributed by atoms with Crippen molar-refractivity contribution < 1.29 is 44.0 Å². The Morgan fingerprint density at radius 1 is 0.936 bits per heavy atom. The van der Waals surface area contributed by atoms with Crippen LogP contribution in [0.1, 0.15) is 77.4 Å². The Morgan fingerprint density at radius 3 is 2.02 bits per heavy atom. The Hall–Kier alpha value is -4.54. The lowest BCUT2D eigenvalue weighted by molar-refractivity contribution is -0.176. The van der Waals surface area contributed by atoms with Crippen molar-refractivity contribution in [2.45, 2.75) is 63.7 Å². The predicted octanol–water partition coefficient (Wildman–Crippen LogP) is 5.44. The van der Waals surface area contributed by atoms with E-state index in [2.05, 4.69) is 44.0 Å². The van der Waals surface area contributed by atoms with E-state index < -0.39 is 35.4 Å². The Kier molecular flexibility index (Phi) is 11.2. The zero-order valence-electron chi connectivity index (χ0n) is 27.2. The van der Waals surface area contributed by atoms with E-state index in [4.69, 9.17) is 14.6 Å². The van der Waals surface area contributed by atoms with Gasteiger partial charge in [-0.25, -0.2) is 14.4 Å². The van der Waals surface area contributed by atoms with Crippen molar-refractivity contribution in [3.63, 3.8) is 0 Å². The molecule has 1 saturated carbocycles. The van der Waals surface area contributed by atoms with Gasteiger partial charge in [0.05, 0.1) is 12.7 Å². The molecule has 3 aromatic rings. The number of nitrogens with zero attached hydrogens (tertiary/aromatic N) is 1. The van der Waals surface area contributed by atoms with Crippen molar-refractivity contribution in [2.24, 2.45) is 11.3 Å². The van der Waals surface area contributed by atoms with E-state index in [9.17, 15) is 29.4 Å². The van der Waals surface area contributed by atoms with Gasteiger partial charge in [-0.3, -0.25) is 9.69 Å². The van der Waals surface area contributed by atoms with Gasteiger partial charge in [-0.05, 0) is 79.5 Å². The number of carboxylic acids is 2. The second-order valence-electron chi connectivity index (χ2n) is 12.7. The Morgan fingerprint density at radius 2 is 1.53 bits per heavy atom. The quantitative estimate of drug-likeness (QED) is 0.140. The van der Waals surface area contributed by atoms with Crippen molar-refractivity contribution in [1.29, 1.82) is 0 Å². The molecule has 0 bridgehead atoms. The van der Waals surface area contributed by atoms with E-state index in [1.54, 1.807) is 19.2 Å². The summed E-state index contributed by atoms with van der Waals surface area (Å²) in [6, 6.07) is 21.2. The fourth-order valence-electron chi connectivity index (χ4n) is 6.92. The predicted molar refractivity (Wildman–Crippen MR) is 174 cm³/mol. The van der Waals surface area contributed by atoms with Gasteiger partial charge in [0.1, 0.15) is 5.75 Å². The molecular formula is C37H43NO9. The minimum atomic E-state index is -3.35. The molecule has 3 atom stereocenters. The maximum atomic E-state index is 12.7. The van der Waals surface area contributed by atoms with Gasteiger partial charge in [-0.1, -0.05) is 74.9 Å². The number of Topliss-reactive ketones (excluding diaryl/α,β-unsaturated/α-hetero) is 1. The molecule has 3 N–H and O–H groups in total. The van der Waals surface area contributed by atoms with Crippen LogP contribution in [0.15, 0.2) is 78.9 Å². The number of esters is 1. The van der Waals surface area contributed by atoms with E-state index in [-0.39, 0.29) is 11.1 Å². The van der Waals surface area contributed by atoms with Crippen molar-refractivity contribution in [1.82, 2.24) is 4.90 Å². The summed E-state index contributed by atoms with van der Waals surface area (Å²) >= 11 is 0. The van der Waals surface area contributed by atoms with Crippen molar-refractivity contribution >= 4 is 23.7 Å². The summed E-state index contributed by atoms with van der Waals surface area (Å²) in [6.45, 7) is 5.93. The first-order valence-corrected chi connectivity index (χ1v) is 15.8. The number of ether oxygens (including phenoxy) is 2. The number of likely N-dealkylation sites (N-methyl/N-ethyl adjacent to an activating group) is 1. The minimum absolute atomic E-state index is 0.114. The first-order valence-electron chi connectivity index (χ1n) is 15.8. The van der Waals surface area contributed by atoms with Gasteiger partial charge in [-0.2, -0.15) is 0 Å². The highest BCUT2D eigenvalue weighted by atomic mass is 16.6. The zero-order valence-corrected chi connectivity index (χ0v) is 27.2. The van der Waals surface area contributed by atoms with Crippen LogP contribution in [0.5, 0.6) is 5.75 Å². The fourth-order valence-corrected chi connectivity index (χ4v) is 6.92. The molecule has 0 aromatic heterocycles. The third kappa shape index (κ3) is 7.39. The molecule has 3 aromatic carbocycles. The van der Waals surface area contributed by atoms with Crippen LogP contribution >= 0.6 is 0 Å². The molecule has 0 radical (unpaired) electrons. The van der Waals surface area contributed by atoms with Crippen LogP contribution in [-0.2, 0) is 20.7 Å². The number of rotatable bonds is 11. The lowest BCUT2D eigenvalue weighted by Gasteiger charge is -2.54. The fraction of sp³-hybridized carbons (Fsp3) is 0.405. The molecule has 10 nitrogen and oxygen atoms in total. The number of aliphatic hydroxyl groups excluding tert-OH is 1. The highest BCUT2D eigenvalue weighted by Gasteiger charge is 2.59. The maximum absolute atomic E-state index is 12.7. The molecule has 0 saturated heterocycles. The third-order valence-electron chi connectivity index (χ3n) is 9.14. The summed E-state index contributed by atoms with van der Waals surface area (Å²) < 4.78 is 10.3. The van der Waals surface area contributed by atoms with Crippen LogP contribution < -0.4 is 4.74 Å². The molecule has 5 rings (SSSR count). The summed E-state index contributed by atoms with van der Waals surface area (Å²) in [5.41, 5.74) is -0.144. The number of ketones is 1. The summed E-state index contributed by atoms with van der Waals surface area (Å²) in [4.78, 5) is 50.7. The van der Waals surface area contributed by atoms with Gasteiger partial charge in [0.25, 0.3) is 0 Å². The van der Waals surface area contributed by atoms with Gasteiger partial charge in [-0.15, -0.1) is 0 Å². The second-order valence-corrected chi connectivity index (χ2v) is 12.7. The number of methoxy groups -OCH3 is 1. The number of benzene rings is 3. The number of hydrogen-bond acceptors (Lipinski definition) is 8. The average Bonchev–Trinajstić information content (AvgIpc) is 3.05. The molecule has 1 aliphatic heterocycles. The standard InChI is InChI=1S/C19H29NO.C18H14O8/c1-14(2)13-19(9-5-10-19)18-17-12-16(21-4)7-6-15(17)8-11-20(18)3;19-13(11-7-3-1-4-8-11)18(17(24)25,14(20)15(21)22)26-16(23)12-9-5-2-6-10-12/h6-7,12,14,18H,5,8-11,13H2,1-4H3;1-10,14,20H,(H,21,22)(H,24,25). The SMILES string of the molecule is COc1ccc2c(c1)C(C1(CC(C)C)CCC1)N(C)CC2.O=C(OC(C(=O)O)(C(=O)c1ccccc1)C(O)C(=O)O)c1ccccc1. The van der Waals surface area contributed by atoms with E-state index in [1.165, 1.54) is 98.3 Å². The van der Waals surface area contributed by atoms with Crippen LogP contribution in [0.3, 0.4) is 0 Å². The van der Waals surface area contributed by atoms with Crippen molar-refractivity contribution in [3.8, 4) is 5.75 Å². The van der Waals surface area contributed by atoms with Gasteiger partial charge < -0.3 is 24.8 Å². The number of fused-ring (bicyclic) bond motifs is 1. The second kappa shape index (κ2) is 14.9. The van der Waals surface area contributed by atoms with Crippen molar-refractivity contribution in [2.75, 3.05) is 20.7 Å². The van der Waals surface area contributed by atoms with Crippen LogP contribution in [0, 0.1) is 11.3 Å².